The Morgan fingerprint density at radius 3 is 2.62 bits per heavy atom. The Labute approximate surface area is 77.8 Å². The van der Waals surface area contributed by atoms with Crippen LogP contribution in [0.1, 0.15) is 20.3 Å². The Kier molecular flexibility index (Phi) is 2.55. The minimum atomic E-state index is -0.891. The van der Waals surface area contributed by atoms with Gasteiger partial charge in [0.2, 0.25) is 0 Å². The highest BCUT2D eigenvalue weighted by atomic mass is 16.5. The summed E-state index contributed by atoms with van der Waals surface area (Å²) in [5, 5.41) is 0. The standard InChI is InChI=1S/C10H14O3/c1-4-8-6-10(8,7(3)11)9(12)13-5-2/h4,8H,1,5-6H2,2-3H3. The summed E-state index contributed by atoms with van der Waals surface area (Å²) in [6, 6.07) is 0. The van der Waals surface area contributed by atoms with E-state index in [-0.39, 0.29) is 11.7 Å². The zero-order valence-electron chi connectivity index (χ0n) is 8.00. The maximum absolute atomic E-state index is 11.4. The van der Waals surface area contributed by atoms with E-state index in [1.165, 1.54) is 6.92 Å². The van der Waals surface area contributed by atoms with Gasteiger partial charge in [-0.1, -0.05) is 6.08 Å². The van der Waals surface area contributed by atoms with Crippen LogP contribution in [0.3, 0.4) is 0 Å². The molecule has 1 aliphatic carbocycles. The number of ether oxygens (including phenoxy) is 1. The lowest BCUT2D eigenvalue weighted by atomic mass is 9.99. The molecule has 1 fully saturated rings. The van der Waals surface area contributed by atoms with Crippen LogP contribution in [-0.4, -0.2) is 18.4 Å². The van der Waals surface area contributed by atoms with Crippen molar-refractivity contribution in [2.75, 3.05) is 6.61 Å². The summed E-state index contributed by atoms with van der Waals surface area (Å²) in [6.45, 7) is 7.06. The molecule has 2 atom stereocenters. The highest BCUT2D eigenvalue weighted by molar-refractivity contribution is 6.06. The minimum absolute atomic E-state index is 0.0240. The molecule has 0 amide bonds. The van der Waals surface area contributed by atoms with Gasteiger partial charge in [-0.2, -0.15) is 0 Å². The molecule has 2 unspecified atom stereocenters. The quantitative estimate of drug-likeness (QED) is 0.374. The first-order valence-electron chi connectivity index (χ1n) is 4.40. The molecule has 1 saturated carbocycles. The van der Waals surface area contributed by atoms with Gasteiger partial charge in [0.05, 0.1) is 6.61 Å². The van der Waals surface area contributed by atoms with Crippen molar-refractivity contribution in [1.29, 1.82) is 0 Å². The molecule has 0 aromatic heterocycles. The number of esters is 1. The van der Waals surface area contributed by atoms with Crippen LogP contribution in [0.15, 0.2) is 12.7 Å². The fraction of sp³-hybridized carbons (Fsp3) is 0.600. The summed E-state index contributed by atoms with van der Waals surface area (Å²) >= 11 is 0. The number of carbonyl (C=O) groups excluding carboxylic acids is 2. The molecule has 1 rings (SSSR count). The number of Topliss-reactive ketones (excluding diaryl/α,β-unsaturated/α-hetero) is 1. The van der Waals surface area contributed by atoms with Crippen LogP contribution in [0.2, 0.25) is 0 Å². The van der Waals surface area contributed by atoms with Crippen LogP contribution in [0.5, 0.6) is 0 Å². The molecular formula is C10H14O3. The van der Waals surface area contributed by atoms with Crippen molar-refractivity contribution >= 4 is 11.8 Å². The van der Waals surface area contributed by atoms with Gasteiger partial charge >= 0.3 is 5.97 Å². The van der Waals surface area contributed by atoms with E-state index in [2.05, 4.69) is 6.58 Å². The van der Waals surface area contributed by atoms with E-state index in [0.29, 0.717) is 13.0 Å². The lowest BCUT2D eigenvalue weighted by Crippen LogP contribution is -2.27. The topological polar surface area (TPSA) is 43.4 Å². The van der Waals surface area contributed by atoms with Crippen LogP contribution in [0.25, 0.3) is 0 Å². The Balaban J connectivity index is 2.77. The first-order chi connectivity index (χ1) is 6.09. The first kappa shape index (κ1) is 9.96. The van der Waals surface area contributed by atoms with Crippen molar-refractivity contribution in [3.8, 4) is 0 Å². The molecule has 0 aromatic rings. The average Bonchev–Trinajstić information content (AvgIpc) is 2.79. The van der Waals surface area contributed by atoms with E-state index in [0.717, 1.165) is 0 Å². The predicted molar refractivity (Wildman–Crippen MR) is 48.1 cm³/mol. The van der Waals surface area contributed by atoms with Crippen molar-refractivity contribution in [2.24, 2.45) is 11.3 Å². The van der Waals surface area contributed by atoms with Crippen molar-refractivity contribution in [3.63, 3.8) is 0 Å². The highest BCUT2D eigenvalue weighted by Gasteiger charge is 2.63. The minimum Gasteiger partial charge on any atom is -0.465 e. The van der Waals surface area contributed by atoms with Crippen LogP contribution in [-0.2, 0) is 14.3 Å². The van der Waals surface area contributed by atoms with Crippen LogP contribution in [0, 0.1) is 11.3 Å². The summed E-state index contributed by atoms with van der Waals surface area (Å²) in [5.41, 5.74) is -0.891. The molecule has 0 bridgehead atoms. The maximum atomic E-state index is 11.4. The summed E-state index contributed by atoms with van der Waals surface area (Å²) < 4.78 is 4.86. The zero-order valence-corrected chi connectivity index (χ0v) is 8.00. The predicted octanol–water partition coefficient (Wildman–Crippen LogP) is 1.33. The van der Waals surface area contributed by atoms with Gasteiger partial charge in [-0.15, -0.1) is 6.58 Å². The molecule has 0 radical (unpaired) electrons. The number of hydrogen-bond donors (Lipinski definition) is 0. The highest BCUT2D eigenvalue weighted by Crippen LogP contribution is 2.54. The molecule has 13 heavy (non-hydrogen) atoms. The number of ketones is 1. The average molecular weight is 182 g/mol. The fourth-order valence-electron chi connectivity index (χ4n) is 1.62. The SMILES string of the molecule is C=CC1CC1(C(C)=O)C(=O)OCC. The Morgan fingerprint density at radius 2 is 2.31 bits per heavy atom. The molecular weight excluding hydrogens is 168 g/mol. The molecule has 0 aliphatic heterocycles. The fourth-order valence-corrected chi connectivity index (χ4v) is 1.62. The zero-order chi connectivity index (χ0) is 10.1. The Bertz CT molecular complexity index is 257. The summed E-state index contributed by atoms with van der Waals surface area (Å²) in [7, 11) is 0. The van der Waals surface area contributed by atoms with Gasteiger partial charge in [0.25, 0.3) is 0 Å². The van der Waals surface area contributed by atoms with Gasteiger partial charge in [0, 0.05) is 5.92 Å². The maximum Gasteiger partial charge on any atom is 0.320 e. The Hall–Kier alpha value is -1.12. The van der Waals surface area contributed by atoms with E-state index >= 15 is 0 Å². The molecule has 3 nitrogen and oxygen atoms in total. The first-order valence-corrected chi connectivity index (χ1v) is 4.40. The molecule has 72 valence electrons. The third-order valence-corrected chi connectivity index (χ3v) is 2.57. The lowest BCUT2D eigenvalue weighted by Gasteiger charge is -2.10. The second-order valence-corrected chi connectivity index (χ2v) is 3.29. The van der Waals surface area contributed by atoms with Crippen molar-refractivity contribution in [1.82, 2.24) is 0 Å². The van der Waals surface area contributed by atoms with Gasteiger partial charge < -0.3 is 4.74 Å². The summed E-state index contributed by atoms with van der Waals surface area (Å²) in [4.78, 5) is 22.7. The van der Waals surface area contributed by atoms with E-state index in [1.54, 1.807) is 13.0 Å². The lowest BCUT2D eigenvalue weighted by molar-refractivity contribution is -0.153. The van der Waals surface area contributed by atoms with Gasteiger partial charge in [-0.3, -0.25) is 9.59 Å². The Morgan fingerprint density at radius 1 is 1.69 bits per heavy atom. The smallest absolute Gasteiger partial charge is 0.320 e. The van der Waals surface area contributed by atoms with Crippen molar-refractivity contribution < 1.29 is 14.3 Å². The van der Waals surface area contributed by atoms with Crippen LogP contribution in [0.4, 0.5) is 0 Å². The van der Waals surface area contributed by atoms with Crippen LogP contribution < -0.4 is 0 Å². The summed E-state index contributed by atoms with van der Waals surface area (Å²) in [5.74, 6) is -0.535. The monoisotopic (exact) mass is 182 g/mol. The van der Waals surface area contributed by atoms with E-state index in [1.807, 2.05) is 0 Å². The number of allylic oxidation sites excluding steroid dienone is 1. The van der Waals surface area contributed by atoms with Gasteiger partial charge in [0.15, 0.2) is 0 Å². The van der Waals surface area contributed by atoms with E-state index in [9.17, 15) is 9.59 Å². The molecule has 0 heterocycles. The van der Waals surface area contributed by atoms with Gasteiger partial charge in [-0.05, 0) is 20.3 Å². The van der Waals surface area contributed by atoms with E-state index in [4.69, 9.17) is 4.74 Å². The molecule has 3 heteroatoms. The summed E-state index contributed by atoms with van der Waals surface area (Å²) in [6.07, 6.45) is 2.21. The van der Waals surface area contributed by atoms with E-state index < -0.39 is 11.4 Å². The number of rotatable bonds is 4. The van der Waals surface area contributed by atoms with Gasteiger partial charge in [-0.25, -0.2) is 0 Å². The second-order valence-electron chi connectivity index (χ2n) is 3.29. The number of hydrogen-bond acceptors (Lipinski definition) is 3. The number of carbonyl (C=O) groups is 2. The third kappa shape index (κ3) is 1.39. The van der Waals surface area contributed by atoms with Gasteiger partial charge in [0.1, 0.15) is 11.2 Å². The normalized spacial score (nSPS) is 30.8. The largest absolute Gasteiger partial charge is 0.465 e. The third-order valence-electron chi connectivity index (χ3n) is 2.57. The molecule has 1 aliphatic rings. The molecule has 0 N–H and O–H groups in total. The molecule has 0 aromatic carbocycles. The van der Waals surface area contributed by atoms with Crippen LogP contribution >= 0.6 is 0 Å². The molecule has 0 spiro atoms. The second kappa shape index (κ2) is 3.32. The van der Waals surface area contributed by atoms with Crippen molar-refractivity contribution in [3.05, 3.63) is 12.7 Å². The van der Waals surface area contributed by atoms with Crippen molar-refractivity contribution in [2.45, 2.75) is 20.3 Å². The molecule has 0 saturated heterocycles.